The quantitative estimate of drug-likeness (QED) is 0.636. The van der Waals surface area contributed by atoms with Gasteiger partial charge in [0.05, 0.1) is 12.1 Å². The molecule has 118 valence electrons. The Balaban J connectivity index is 2.32. The number of nitrogens with zero attached hydrogens (tertiary/aromatic N) is 1. The van der Waals surface area contributed by atoms with Crippen molar-refractivity contribution in [3.8, 4) is 0 Å². The normalized spacial score (nSPS) is 19.1. The molecule has 20 heavy (non-hydrogen) atoms. The van der Waals surface area contributed by atoms with Crippen molar-refractivity contribution in [2.24, 2.45) is 5.73 Å². The highest BCUT2D eigenvalue weighted by molar-refractivity contribution is 5.84. The molecule has 1 fully saturated rings. The van der Waals surface area contributed by atoms with E-state index in [4.69, 9.17) is 5.73 Å². The van der Waals surface area contributed by atoms with Gasteiger partial charge in [-0.2, -0.15) is 13.2 Å². The van der Waals surface area contributed by atoms with Gasteiger partial charge in [0.15, 0.2) is 0 Å². The molecule has 7 heteroatoms. The third kappa shape index (κ3) is 5.66. The van der Waals surface area contributed by atoms with Crippen molar-refractivity contribution in [3.05, 3.63) is 0 Å². The molecule has 1 unspecified atom stereocenters. The molecule has 1 rings (SSSR count). The Kier molecular flexibility index (Phi) is 5.82. The Bertz CT molecular complexity index is 331. The van der Waals surface area contributed by atoms with Crippen molar-refractivity contribution in [1.29, 1.82) is 0 Å². The number of hydrogen-bond donors (Lipinski definition) is 2. The maximum atomic E-state index is 12.4. The molecule has 3 N–H and O–H groups in total. The highest BCUT2D eigenvalue weighted by Gasteiger charge is 2.37. The van der Waals surface area contributed by atoms with Crippen LogP contribution < -0.4 is 11.1 Å². The smallest absolute Gasteiger partial charge is 0.368 e. The number of hydrogen-bond acceptors (Lipinski definition) is 3. The minimum atomic E-state index is -4.14. The monoisotopic (exact) mass is 295 g/mol. The van der Waals surface area contributed by atoms with E-state index in [1.807, 2.05) is 0 Å². The summed E-state index contributed by atoms with van der Waals surface area (Å²) in [6.45, 7) is 1.29. The fraction of sp³-hybridized carbons (Fsp3) is 0.923. The van der Waals surface area contributed by atoms with E-state index in [1.165, 1.54) is 4.90 Å². The van der Waals surface area contributed by atoms with E-state index >= 15 is 0 Å². The molecule has 0 aromatic carbocycles. The van der Waals surface area contributed by atoms with Crippen LogP contribution in [0.15, 0.2) is 0 Å². The van der Waals surface area contributed by atoms with E-state index in [0.29, 0.717) is 25.8 Å². The lowest BCUT2D eigenvalue weighted by molar-refractivity contribution is -0.147. The lowest BCUT2D eigenvalue weighted by Crippen LogP contribution is -2.51. The molecule has 0 bridgehead atoms. The highest BCUT2D eigenvalue weighted by Crippen LogP contribution is 2.30. The van der Waals surface area contributed by atoms with Crippen LogP contribution in [0.5, 0.6) is 0 Å². The van der Waals surface area contributed by atoms with Gasteiger partial charge in [-0.25, -0.2) is 0 Å². The molecule has 0 radical (unpaired) electrons. The van der Waals surface area contributed by atoms with Gasteiger partial charge in [0.1, 0.15) is 0 Å². The summed E-state index contributed by atoms with van der Waals surface area (Å²) in [7, 11) is 1.66. The van der Waals surface area contributed by atoms with E-state index in [-0.39, 0.29) is 6.04 Å². The maximum Gasteiger partial charge on any atom is 0.401 e. The van der Waals surface area contributed by atoms with Crippen LogP contribution in [0.3, 0.4) is 0 Å². The average molecular weight is 295 g/mol. The number of nitrogens with one attached hydrogen (secondary N) is 1. The molecule has 1 aliphatic carbocycles. The van der Waals surface area contributed by atoms with Crippen molar-refractivity contribution in [1.82, 2.24) is 10.2 Å². The first-order valence-corrected chi connectivity index (χ1v) is 6.97. The van der Waals surface area contributed by atoms with Gasteiger partial charge in [-0.15, -0.1) is 0 Å². The standard InChI is InChI=1S/C13H24F3N3O/c1-12(18-2,11(17)20)7-3-4-8-19(10-5-6-10)9-13(14,15)16/h10,18H,3-9H2,1-2H3,(H2,17,20). The molecule has 1 atom stereocenters. The fourth-order valence-corrected chi connectivity index (χ4v) is 2.23. The number of primary amides is 1. The lowest BCUT2D eigenvalue weighted by atomic mass is 9.94. The zero-order chi connectivity index (χ0) is 15.4. The number of carbonyl (C=O) groups excluding carboxylic acids is 1. The highest BCUT2D eigenvalue weighted by atomic mass is 19.4. The summed E-state index contributed by atoms with van der Waals surface area (Å²) in [5.74, 6) is -0.436. The molecule has 1 amide bonds. The topological polar surface area (TPSA) is 58.4 Å². The molecule has 1 saturated carbocycles. The third-order valence-electron chi connectivity index (χ3n) is 3.91. The van der Waals surface area contributed by atoms with E-state index in [1.54, 1.807) is 14.0 Å². The SMILES string of the molecule is CNC(C)(CCCCN(CC(F)(F)F)C1CC1)C(N)=O. The fourth-order valence-electron chi connectivity index (χ4n) is 2.23. The van der Waals surface area contributed by atoms with Crippen molar-refractivity contribution in [2.75, 3.05) is 20.1 Å². The average Bonchev–Trinajstić information content (AvgIpc) is 3.15. The number of unbranched alkanes of at least 4 members (excludes halogenated alkanes) is 1. The summed E-state index contributed by atoms with van der Waals surface area (Å²) in [4.78, 5) is 12.8. The number of carbonyl (C=O) groups is 1. The zero-order valence-electron chi connectivity index (χ0n) is 12.1. The minimum absolute atomic E-state index is 0.0865. The Labute approximate surface area is 117 Å². The number of halogens is 3. The Morgan fingerprint density at radius 2 is 1.95 bits per heavy atom. The van der Waals surface area contributed by atoms with E-state index in [2.05, 4.69) is 5.32 Å². The molecule has 0 saturated heterocycles. The first kappa shape index (κ1) is 17.2. The summed E-state index contributed by atoms with van der Waals surface area (Å²) in [6.07, 6.45) is -0.603. The summed E-state index contributed by atoms with van der Waals surface area (Å²) in [5, 5.41) is 2.87. The van der Waals surface area contributed by atoms with Crippen LogP contribution in [-0.4, -0.2) is 48.7 Å². The first-order chi connectivity index (χ1) is 9.18. The van der Waals surface area contributed by atoms with Crippen molar-refractivity contribution in [3.63, 3.8) is 0 Å². The molecular weight excluding hydrogens is 271 g/mol. The molecular formula is C13H24F3N3O. The molecule has 0 heterocycles. The van der Waals surface area contributed by atoms with Gasteiger partial charge in [-0.05, 0) is 52.6 Å². The minimum Gasteiger partial charge on any atom is -0.368 e. The van der Waals surface area contributed by atoms with Crippen LogP contribution in [0, 0.1) is 0 Å². The number of amides is 1. The van der Waals surface area contributed by atoms with Crippen molar-refractivity contribution >= 4 is 5.91 Å². The van der Waals surface area contributed by atoms with Gasteiger partial charge in [-0.1, -0.05) is 0 Å². The number of alkyl halides is 3. The third-order valence-corrected chi connectivity index (χ3v) is 3.91. The summed E-state index contributed by atoms with van der Waals surface area (Å²) in [6, 6.07) is 0.0865. The van der Waals surface area contributed by atoms with E-state index in [9.17, 15) is 18.0 Å². The second-order valence-corrected chi connectivity index (χ2v) is 5.72. The van der Waals surface area contributed by atoms with Gasteiger partial charge in [0.25, 0.3) is 0 Å². The van der Waals surface area contributed by atoms with Crippen molar-refractivity contribution < 1.29 is 18.0 Å². The van der Waals surface area contributed by atoms with Crippen LogP contribution in [0.25, 0.3) is 0 Å². The first-order valence-electron chi connectivity index (χ1n) is 6.97. The number of rotatable bonds is 9. The molecule has 1 aliphatic rings. The summed E-state index contributed by atoms with van der Waals surface area (Å²) < 4.78 is 37.3. The molecule has 0 aliphatic heterocycles. The molecule has 4 nitrogen and oxygen atoms in total. The van der Waals surface area contributed by atoms with E-state index in [0.717, 1.165) is 12.8 Å². The Morgan fingerprint density at radius 1 is 1.35 bits per heavy atom. The van der Waals surface area contributed by atoms with Crippen LogP contribution in [-0.2, 0) is 4.79 Å². The van der Waals surface area contributed by atoms with Crippen LogP contribution >= 0.6 is 0 Å². The lowest BCUT2D eigenvalue weighted by Gasteiger charge is -2.27. The van der Waals surface area contributed by atoms with Gasteiger partial charge in [0.2, 0.25) is 5.91 Å². The second kappa shape index (κ2) is 6.76. The summed E-state index contributed by atoms with van der Waals surface area (Å²) in [5.41, 5.74) is 4.52. The predicted molar refractivity (Wildman–Crippen MR) is 71.2 cm³/mol. The molecule has 0 spiro atoms. The van der Waals surface area contributed by atoms with Gasteiger partial charge in [-0.3, -0.25) is 9.69 Å². The Morgan fingerprint density at radius 3 is 2.35 bits per heavy atom. The number of likely N-dealkylation sites (N-methyl/N-ethyl adjacent to an activating group) is 1. The maximum absolute atomic E-state index is 12.4. The zero-order valence-corrected chi connectivity index (χ0v) is 12.1. The number of nitrogens with two attached hydrogens (primary N) is 1. The molecule has 0 aromatic heterocycles. The second-order valence-electron chi connectivity index (χ2n) is 5.72. The molecule has 0 aromatic rings. The predicted octanol–water partition coefficient (Wildman–Crippen LogP) is 1.65. The van der Waals surface area contributed by atoms with E-state index < -0.39 is 24.2 Å². The van der Waals surface area contributed by atoms with Crippen LogP contribution in [0.2, 0.25) is 0 Å². The largest absolute Gasteiger partial charge is 0.401 e. The van der Waals surface area contributed by atoms with Crippen molar-refractivity contribution in [2.45, 2.75) is 56.8 Å². The van der Waals surface area contributed by atoms with Gasteiger partial charge < -0.3 is 11.1 Å². The van der Waals surface area contributed by atoms with Crippen LogP contribution in [0.1, 0.15) is 39.0 Å². The summed E-state index contributed by atoms with van der Waals surface area (Å²) >= 11 is 0. The van der Waals surface area contributed by atoms with Crippen LogP contribution in [0.4, 0.5) is 13.2 Å². The Hall–Kier alpha value is -0.820. The van der Waals surface area contributed by atoms with Gasteiger partial charge in [0, 0.05) is 6.04 Å². The van der Waals surface area contributed by atoms with Gasteiger partial charge >= 0.3 is 6.18 Å².